The predicted molar refractivity (Wildman–Crippen MR) is 46.3 cm³/mol. The summed E-state index contributed by atoms with van der Waals surface area (Å²) in [6.07, 6.45) is -0.547. The molecule has 1 heterocycles. The zero-order valence-electron chi connectivity index (χ0n) is 6.26. The number of nitrogens with zero attached hydrogens (tertiary/aromatic N) is 1. The normalized spacial score (nSPS) is 22.3. The van der Waals surface area contributed by atoms with Gasteiger partial charge in [-0.15, -0.1) is 0 Å². The Labute approximate surface area is 78.0 Å². The van der Waals surface area contributed by atoms with E-state index in [1.165, 1.54) is 0 Å². The quantitative estimate of drug-likeness (QED) is 0.407. The molecule has 0 unspecified atom stereocenters. The molecule has 0 aromatic heterocycles. The standard InChI is InChI=1S/C6H8INO3/c1-6(2)4(9)8(3-7)5(10)11-6/h3H2,1-2H3. The minimum absolute atomic E-state index is 0.267. The summed E-state index contributed by atoms with van der Waals surface area (Å²) in [6.45, 7) is 3.17. The summed E-state index contributed by atoms with van der Waals surface area (Å²) in [5, 5.41) is 0. The van der Waals surface area contributed by atoms with Gasteiger partial charge in [-0.3, -0.25) is 4.79 Å². The molecule has 62 valence electrons. The second-order valence-corrected chi connectivity index (χ2v) is 3.41. The van der Waals surface area contributed by atoms with Crippen molar-refractivity contribution in [3.8, 4) is 0 Å². The monoisotopic (exact) mass is 269 g/mol. The van der Waals surface area contributed by atoms with Crippen LogP contribution in [-0.2, 0) is 9.53 Å². The fourth-order valence-corrected chi connectivity index (χ4v) is 1.42. The zero-order chi connectivity index (χ0) is 8.65. The van der Waals surface area contributed by atoms with Crippen LogP contribution in [0.15, 0.2) is 0 Å². The number of amides is 2. The van der Waals surface area contributed by atoms with Gasteiger partial charge in [-0.25, -0.2) is 9.69 Å². The Morgan fingerprint density at radius 2 is 2.09 bits per heavy atom. The van der Waals surface area contributed by atoms with Crippen LogP contribution in [0, 0.1) is 0 Å². The summed E-state index contributed by atoms with van der Waals surface area (Å²) in [5.41, 5.74) is -0.970. The molecule has 5 heteroatoms. The zero-order valence-corrected chi connectivity index (χ0v) is 8.41. The summed E-state index contributed by atoms with van der Waals surface area (Å²) in [6, 6.07) is 0. The average Bonchev–Trinajstić information content (AvgIpc) is 2.04. The van der Waals surface area contributed by atoms with Crippen LogP contribution in [0.5, 0.6) is 0 Å². The first kappa shape index (κ1) is 8.76. The van der Waals surface area contributed by atoms with Crippen LogP contribution >= 0.6 is 22.6 Å². The van der Waals surface area contributed by atoms with Gasteiger partial charge in [0.25, 0.3) is 5.91 Å². The first-order valence-corrected chi connectivity index (χ1v) is 4.62. The van der Waals surface area contributed by atoms with E-state index in [2.05, 4.69) is 0 Å². The van der Waals surface area contributed by atoms with Crippen LogP contribution in [-0.4, -0.2) is 27.1 Å². The molecule has 1 aliphatic rings. The van der Waals surface area contributed by atoms with Crippen LogP contribution < -0.4 is 0 Å². The van der Waals surface area contributed by atoms with Crippen LogP contribution in [0.3, 0.4) is 0 Å². The minimum atomic E-state index is -0.970. The van der Waals surface area contributed by atoms with Crippen molar-refractivity contribution in [3.05, 3.63) is 0 Å². The van der Waals surface area contributed by atoms with E-state index in [0.717, 1.165) is 4.90 Å². The summed E-state index contributed by atoms with van der Waals surface area (Å²) in [7, 11) is 0. The van der Waals surface area contributed by atoms with E-state index < -0.39 is 11.7 Å². The molecule has 0 radical (unpaired) electrons. The molecular weight excluding hydrogens is 261 g/mol. The molecule has 0 N–H and O–H groups in total. The van der Waals surface area contributed by atoms with Crippen molar-refractivity contribution in [1.29, 1.82) is 0 Å². The van der Waals surface area contributed by atoms with E-state index in [-0.39, 0.29) is 5.91 Å². The number of rotatable bonds is 1. The van der Waals surface area contributed by atoms with Gasteiger partial charge in [0.1, 0.15) is 0 Å². The van der Waals surface area contributed by atoms with Crippen LogP contribution in [0.2, 0.25) is 0 Å². The molecule has 0 spiro atoms. The molecule has 11 heavy (non-hydrogen) atoms. The van der Waals surface area contributed by atoms with Gasteiger partial charge in [0, 0.05) is 0 Å². The van der Waals surface area contributed by atoms with Crippen molar-refractivity contribution in [2.75, 3.05) is 4.55 Å². The SMILES string of the molecule is CC1(C)OC(=O)N(CI)C1=O. The number of carbonyl (C=O) groups is 2. The van der Waals surface area contributed by atoms with Crippen molar-refractivity contribution >= 4 is 34.6 Å². The average molecular weight is 269 g/mol. The lowest BCUT2D eigenvalue weighted by Gasteiger charge is -2.11. The Bertz CT molecular complexity index is 214. The largest absolute Gasteiger partial charge is 0.433 e. The van der Waals surface area contributed by atoms with E-state index in [1.807, 2.05) is 22.6 Å². The summed E-state index contributed by atoms with van der Waals surface area (Å²) in [4.78, 5) is 23.2. The number of ether oxygens (including phenoxy) is 1. The molecule has 1 fully saturated rings. The highest BCUT2D eigenvalue weighted by molar-refractivity contribution is 14.1. The van der Waals surface area contributed by atoms with Gasteiger partial charge in [-0.2, -0.15) is 0 Å². The topological polar surface area (TPSA) is 46.6 Å². The number of carbonyl (C=O) groups excluding carboxylic acids is 2. The number of cyclic esters (lactones) is 1. The predicted octanol–water partition coefficient (Wildman–Crippen LogP) is 1.14. The molecule has 0 aliphatic carbocycles. The summed E-state index contributed by atoms with van der Waals surface area (Å²) in [5.74, 6) is -0.267. The highest BCUT2D eigenvalue weighted by atomic mass is 127. The fraction of sp³-hybridized carbons (Fsp3) is 0.667. The lowest BCUT2D eigenvalue weighted by molar-refractivity contribution is -0.133. The van der Waals surface area contributed by atoms with Gasteiger partial charge in [0.05, 0.1) is 4.55 Å². The maximum atomic E-state index is 11.2. The minimum Gasteiger partial charge on any atom is -0.433 e. The molecule has 2 amide bonds. The van der Waals surface area contributed by atoms with Crippen molar-refractivity contribution < 1.29 is 14.3 Å². The summed E-state index contributed by atoms with van der Waals surface area (Å²) < 4.78 is 5.14. The molecule has 0 aromatic carbocycles. The van der Waals surface area contributed by atoms with E-state index in [4.69, 9.17) is 4.74 Å². The van der Waals surface area contributed by atoms with Gasteiger partial charge in [0.15, 0.2) is 5.60 Å². The molecule has 0 aromatic rings. The number of imide groups is 1. The third-order valence-electron chi connectivity index (χ3n) is 1.44. The maximum absolute atomic E-state index is 11.2. The highest BCUT2D eigenvalue weighted by Gasteiger charge is 2.46. The highest BCUT2D eigenvalue weighted by Crippen LogP contribution is 2.23. The third-order valence-corrected chi connectivity index (χ3v) is 2.12. The molecule has 0 atom stereocenters. The van der Waals surface area contributed by atoms with Gasteiger partial charge in [-0.1, -0.05) is 22.6 Å². The molecule has 1 rings (SSSR count). The van der Waals surface area contributed by atoms with Gasteiger partial charge >= 0.3 is 6.09 Å². The number of hydrogen-bond acceptors (Lipinski definition) is 3. The number of alkyl halides is 1. The lowest BCUT2D eigenvalue weighted by atomic mass is 10.1. The van der Waals surface area contributed by atoms with Crippen LogP contribution in [0.1, 0.15) is 13.8 Å². The smallest absolute Gasteiger partial charge is 0.418 e. The van der Waals surface area contributed by atoms with Gasteiger partial charge < -0.3 is 4.74 Å². The van der Waals surface area contributed by atoms with Crippen molar-refractivity contribution in [2.45, 2.75) is 19.4 Å². The van der Waals surface area contributed by atoms with Crippen LogP contribution in [0.25, 0.3) is 0 Å². The second-order valence-electron chi connectivity index (χ2n) is 2.73. The van der Waals surface area contributed by atoms with Crippen molar-refractivity contribution in [3.63, 3.8) is 0 Å². The Morgan fingerprint density at radius 1 is 1.55 bits per heavy atom. The Balaban J connectivity index is 2.88. The molecule has 4 nitrogen and oxygen atoms in total. The molecule has 0 saturated carbocycles. The lowest BCUT2D eigenvalue weighted by Crippen LogP contribution is -2.35. The van der Waals surface area contributed by atoms with E-state index >= 15 is 0 Å². The molecule has 0 bridgehead atoms. The van der Waals surface area contributed by atoms with Gasteiger partial charge in [0.2, 0.25) is 0 Å². The first-order valence-electron chi connectivity index (χ1n) is 3.10. The van der Waals surface area contributed by atoms with E-state index in [9.17, 15) is 9.59 Å². The Morgan fingerprint density at radius 3 is 2.27 bits per heavy atom. The number of halogens is 1. The van der Waals surface area contributed by atoms with Gasteiger partial charge in [-0.05, 0) is 13.8 Å². The molecular formula is C6H8INO3. The fourth-order valence-electron chi connectivity index (χ4n) is 0.828. The second kappa shape index (κ2) is 2.62. The maximum Gasteiger partial charge on any atom is 0.418 e. The van der Waals surface area contributed by atoms with Crippen LogP contribution in [0.4, 0.5) is 4.79 Å². The third kappa shape index (κ3) is 1.33. The van der Waals surface area contributed by atoms with Crippen molar-refractivity contribution in [1.82, 2.24) is 4.90 Å². The number of hydrogen-bond donors (Lipinski definition) is 0. The summed E-state index contributed by atoms with van der Waals surface area (Å²) >= 11 is 1.94. The van der Waals surface area contributed by atoms with E-state index in [0.29, 0.717) is 4.55 Å². The first-order chi connectivity index (χ1) is 4.99. The Hall–Kier alpha value is -0.330. The van der Waals surface area contributed by atoms with Crippen molar-refractivity contribution in [2.24, 2.45) is 0 Å². The molecule has 1 aliphatic heterocycles. The Kier molecular flexibility index (Phi) is 2.08. The molecule has 1 saturated heterocycles. The van der Waals surface area contributed by atoms with E-state index in [1.54, 1.807) is 13.8 Å².